The summed E-state index contributed by atoms with van der Waals surface area (Å²) in [5.74, 6) is 1.47. The Morgan fingerprint density at radius 1 is 1.50 bits per heavy atom. The van der Waals surface area contributed by atoms with E-state index in [-0.39, 0.29) is 5.69 Å². The van der Waals surface area contributed by atoms with Gasteiger partial charge < -0.3 is 4.42 Å². The molecule has 0 bridgehead atoms. The van der Waals surface area contributed by atoms with Gasteiger partial charge >= 0.3 is 5.69 Å². The maximum atomic E-state index is 11.7. The Morgan fingerprint density at radius 3 is 2.81 bits per heavy atom. The summed E-state index contributed by atoms with van der Waals surface area (Å²) >= 11 is 4.99. The molecule has 0 fully saturated rings. The summed E-state index contributed by atoms with van der Waals surface area (Å²) in [7, 11) is 0. The van der Waals surface area contributed by atoms with E-state index in [1.807, 2.05) is 26.0 Å². The van der Waals surface area contributed by atoms with Crippen LogP contribution in [0.3, 0.4) is 0 Å². The maximum Gasteiger partial charge on any atom is 0.327 e. The van der Waals surface area contributed by atoms with Gasteiger partial charge in [0, 0.05) is 12.6 Å². The van der Waals surface area contributed by atoms with Crippen molar-refractivity contribution in [1.82, 2.24) is 9.55 Å². The number of rotatable bonds is 2. The van der Waals surface area contributed by atoms with Gasteiger partial charge in [-0.05, 0) is 26.0 Å². The molecule has 1 N–H and O–H groups in total. The minimum atomic E-state index is -0.209. The highest BCUT2D eigenvalue weighted by atomic mass is 32.1. The lowest BCUT2D eigenvalue weighted by Crippen LogP contribution is -2.23. The molecule has 16 heavy (non-hydrogen) atoms. The number of aromatic nitrogens is 2. The van der Waals surface area contributed by atoms with Crippen LogP contribution in [0, 0.1) is 11.6 Å². The highest BCUT2D eigenvalue weighted by Crippen LogP contribution is 2.20. The molecule has 2 aromatic rings. The average Bonchev–Trinajstić information content (AvgIpc) is 2.63. The predicted octanol–water partition coefficient (Wildman–Crippen LogP) is 2.49. The van der Waals surface area contributed by atoms with Crippen LogP contribution in [0.15, 0.2) is 27.4 Å². The number of nitrogens with zero attached hydrogens (tertiary/aromatic N) is 1. The molecule has 84 valence electrons. The zero-order valence-electron chi connectivity index (χ0n) is 9.11. The summed E-state index contributed by atoms with van der Waals surface area (Å²) in [6, 6.07) is 5.43. The SMILES string of the molecule is CCn1c(-c2ccc(C)o2)cc(=S)[nH]c1=O. The smallest absolute Gasteiger partial charge is 0.327 e. The number of furan rings is 1. The molecule has 0 amide bonds. The lowest BCUT2D eigenvalue weighted by Gasteiger charge is -2.07. The molecular formula is C11H12N2O2S. The van der Waals surface area contributed by atoms with E-state index < -0.39 is 0 Å². The van der Waals surface area contributed by atoms with Crippen molar-refractivity contribution >= 4 is 12.2 Å². The third-order valence-corrected chi connectivity index (χ3v) is 2.56. The second-order valence-corrected chi connectivity index (χ2v) is 3.92. The van der Waals surface area contributed by atoms with Crippen LogP contribution in [0.4, 0.5) is 0 Å². The Kier molecular flexibility index (Phi) is 2.78. The fourth-order valence-electron chi connectivity index (χ4n) is 1.61. The molecule has 0 aromatic carbocycles. The summed E-state index contributed by atoms with van der Waals surface area (Å²) in [4.78, 5) is 14.3. The number of hydrogen-bond donors (Lipinski definition) is 1. The molecule has 4 nitrogen and oxygen atoms in total. The first kappa shape index (κ1) is 10.9. The first-order valence-corrected chi connectivity index (χ1v) is 5.43. The number of aryl methyl sites for hydroxylation is 1. The van der Waals surface area contributed by atoms with Gasteiger partial charge in [0.25, 0.3) is 0 Å². The van der Waals surface area contributed by atoms with E-state index in [4.69, 9.17) is 16.6 Å². The summed E-state index contributed by atoms with van der Waals surface area (Å²) in [5.41, 5.74) is 0.503. The van der Waals surface area contributed by atoms with Crippen LogP contribution in [-0.2, 0) is 6.54 Å². The Balaban J connectivity index is 2.73. The van der Waals surface area contributed by atoms with Crippen LogP contribution >= 0.6 is 12.2 Å². The van der Waals surface area contributed by atoms with E-state index >= 15 is 0 Å². The first-order valence-electron chi connectivity index (χ1n) is 5.03. The van der Waals surface area contributed by atoms with Crippen LogP contribution in [0.5, 0.6) is 0 Å². The Labute approximate surface area is 97.5 Å². The van der Waals surface area contributed by atoms with Crippen LogP contribution in [-0.4, -0.2) is 9.55 Å². The summed E-state index contributed by atoms with van der Waals surface area (Å²) in [6.45, 7) is 4.33. The van der Waals surface area contributed by atoms with Gasteiger partial charge in [-0.2, -0.15) is 0 Å². The number of nitrogens with one attached hydrogen (secondary N) is 1. The maximum absolute atomic E-state index is 11.7. The zero-order valence-corrected chi connectivity index (χ0v) is 9.93. The Hall–Kier alpha value is -1.62. The second kappa shape index (κ2) is 4.09. The molecule has 5 heteroatoms. The molecule has 2 aromatic heterocycles. The van der Waals surface area contributed by atoms with E-state index in [0.29, 0.717) is 22.6 Å². The standard InChI is InChI=1S/C11H12N2O2S/c1-3-13-8(6-10(16)12-11(13)14)9-5-4-7(2)15-9/h4-6H,3H2,1-2H3,(H,12,14,16). The highest BCUT2D eigenvalue weighted by molar-refractivity contribution is 7.71. The van der Waals surface area contributed by atoms with Gasteiger partial charge in [-0.25, -0.2) is 4.79 Å². The van der Waals surface area contributed by atoms with Crippen molar-refractivity contribution in [2.75, 3.05) is 0 Å². The molecule has 0 aliphatic rings. The van der Waals surface area contributed by atoms with Gasteiger partial charge in [0.1, 0.15) is 10.4 Å². The summed E-state index contributed by atoms with van der Waals surface area (Å²) < 4.78 is 7.51. The summed E-state index contributed by atoms with van der Waals surface area (Å²) in [6.07, 6.45) is 0. The lowest BCUT2D eigenvalue weighted by molar-refractivity contribution is 0.538. The third-order valence-electron chi connectivity index (χ3n) is 2.34. The second-order valence-electron chi connectivity index (χ2n) is 3.48. The van der Waals surface area contributed by atoms with E-state index in [1.54, 1.807) is 10.6 Å². The van der Waals surface area contributed by atoms with Gasteiger partial charge in [-0.15, -0.1) is 0 Å². The van der Waals surface area contributed by atoms with Gasteiger partial charge in [0.2, 0.25) is 0 Å². The van der Waals surface area contributed by atoms with E-state index in [9.17, 15) is 4.79 Å². The zero-order chi connectivity index (χ0) is 11.7. The van der Waals surface area contributed by atoms with Crippen molar-refractivity contribution in [2.45, 2.75) is 20.4 Å². The molecule has 0 atom stereocenters. The van der Waals surface area contributed by atoms with Crippen LogP contribution in [0.2, 0.25) is 0 Å². The highest BCUT2D eigenvalue weighted by Gasteiger charge is 2.09. The fraction of sp³-hybridized carbons (Fsp3) is 0.273. The molecule has 0 saturated carbocycles. The van der Waals surface area contributed by atoms with Crippen molar-refractivity contribution in [3.8, 4) is 11.5 Å². The molecule has 0 saturated heterocycles. The third kappa shape index (κ3) is 1.86. The molecule has 0 radical (unpaired) electrons. The van der Waals surface area contributed by atoms with Crippen molar-refractivity contribution in [1.29, 1.82) is 0 Å². The molecule has 0 aliphatic carbocycles. The van der Waals surface area contributed by atoms with E-state index in [2.05, 4.69) is 4.98 Å². The minimum Gasteiger partial charge on any atom is -0.460 e. The molecule has 0 aliphatic heterocycles. The van der Waals surface area contributed by atoms with Crippen LogP contribution in [0.25, 0.3) is 11.5 Å². The molecule has 0 unspecified atom stereocenters. The van der Waals surface area contributed by atoms with Gasteiger partial charge in [-0.1, -0.05) is 12.2 Å². The van der Waals surface area contributed by atoms with Gasteiger partial charge in [-0.3, -0.25) is 9.55 Å². The van der Waals surface area contributed by atoms with Crippen molar-refractivity contribution < 1.29 is 4.42 Å². The normalized spacial score (nSPS) is 10.6. The quantitative estimate of drug-likeness (QED) is 0.815. The van der Waals surface area contributed by atoms with Crippen molar-refractivity contribution in [2.24, 2.45) is 0 Å². The van der Waals surface area contributed by atoms with Gasteiger partial charge in [0.15, 0.2) is 5.76 Å². The van der Waals surface area contributed by atoms with Crippen LogP contribution in [0.1, 0.15) is 12.7 Å². The molecule has 2 heterocycles. The number of aromatic amines is 1. The molecule has 0 spiro atoms. The fourth-order valence-corrected chi connectivity index (χ4v) is 1.81. The Morgan fingerprint density at radius 2 is 2.25 bits per heavy atom. The van der Waals surface area contributed by atoms with Crippen molar-refractivity contribution in [3.05, 3.63) is 39.1 Å². The minimum absolute atomic E-state index is 0.209. The largest absolute Gasteiger partial charge is 0.460 e. The van der Waals surface area contributed by atoms with E-state index in [0.717, 1.165) is 5.76 Å². The van der Waals surface area contributed by atoms with Gasteiger partial charge in [0.05, 0.1) is 5.69 Å². The lowest BCUT2D eigenvalue weighted by atomic mass is 10.3. The number of hydrogen-bond acceptors (Lipinski definition) is 3. The molecular weight excluding hydrogens is 224 g/mol. The Bertz CT molecular complexity index is 621. The average molecular weight is 236 g/mol. The monoisotopic (exact) mass is 236 g/mol. The summed E-state index contributed by atoms with van der Waals surface area (Å²) in [5, 5.41) is 0. The van der Waals surface area contributed by atoms with Crippen molar-refractivity contribution in [3.63, 3.8) is 0 Å². The van der Waals surface area contributed by atoms with E-state index in [1.165, 1.54) is 0 Å². The number of H-pyrrole nitrogens is 1. The van der Waals surface area contributed by atoms with Crippen LogP contribution < -0.4 is 5.69 Å². The molecule has 2 rings (SSSR count). The predicted molar refractivity (Wildman–Crippen MR) is 64.0 cm³/mol. The first-order chi connectivity index (χ1) is 7.61. The topological polar surface area (TPSA) is 50.9 Å².